The quantitative estimate of drug-likeness (QED) is 0.576. The summed E-state index contributed by atoms with van der Waals surface area (Å²) in [6.45, 7) is 8.17. The van der Waals surface area contributed by atoms with Gasteiger partial charge in [-0.3, -0.25) is 14.9 Å². The Labute approximate surface area is 178 Å². The fourth-order valence-electron chi connectivity index (χ4n) is 4.46. The normalized spacial score (nSPS) is 21.5. The summed E-state index contributed by atoms with van der Waals surface area (Å²) >= 11 is 0. The van der Waals surface area contributed by atoms with Crippen molar-refractivity contribution in [2.45, 2.75) is 58.2 Å². The maximum atomic E-state index is 12.4. The van der Waals surface area contributed by atoms with Crippen molar-refractivity contribution in [3.8, 4) is 5.75 Å². The molecule has 2 aliphatic rings. The molecule has 1 atom stereocenters. The molecule has 8 nitrogen and oxygen atoms in total. The standard InChI is InChI=1S/C22H33N3O5/c1-21(2,3)30-20(27)24-11-9-22(10-12-24)13-18(19(26)23-28)25(15-22)14-16-5-7-17(29-4)8-6-16/h5-8,18,28H,9-15H2,1-4H3,(H,23,26). The highest BCUT2D eigenvalue weighted by molar-refractivity contribution is 5.81. The van der Waals surface area contributed by atoms with Crippen LogP contribution in [-0.4, -0.2) is 65.4 Å². The SMILES string of the molecule is COc1ccc(CN2CC3(CCN(C(=O)OC(C)(C)C)CC3)CC2C(=O)NO)cc1. The minimum atomic E-state index is -0.515. The Balaban J connectivity index is 1.67. The first-order chi connectivity index (χ1) is 14.1. The van der Waals surface area contributed by atoms with Gasteiger partial charge in [-0.15, -0.1) is 0 Å². The topological polar surface area (TPSA) is 91.3 Å². The van der Waals surface area contributed by atoms with Crippen molar-refractivity contribution in [1.29, 1.82) is 0 Å². The summed E-state index contributed by atoms with van der Waals surface area (Å²) in [4.78, 5) is 28.6. The molecule has 2 fully saturated rings. The molecular formula is C22H33N3O5. The Hall–Kier alpha value is -2.32. The van der Waals surface area contributed by atoms with Gasteiger partial charge < -0.3 is 14.4 Å². The van der Waals surface area contributed by atoms with Crippen molar-refractivity contribution in [2.75, 3.05) is 26.7 Å². The van der Waals surface area contributed by atoms with Gasteiger partial charge in [0.1, 0.15) is 11.4 Å². The van der Waals surface area contributed by atoms with Crippen LogP contribution in [0.1, 0.15) is 45.6 Å². The monoisotopic (exact) mass is 419 g/mol. The minimum Gasteiger partial charge on any atom is -0.497 e. The van der Waals surface area contributed by atoms with Gasteiger partial charge in [0.15, 0.2) is 0 Å². The maximum Gasteiger partial charge on any atom is 0.410 e. The van der Waals surface area contributed by atoms with E-state index in [4.69, 9.17) is 9.47 Å². The molecule has 0 saturated carbocycles. The molecule has 1 spiro atoms. The van der Waals surface area contributed by atoms with Crippen molar-refractivity contribution < 1.29 is 24.3 Å². The van der Waals surface area contributed by atoms with Crippen LogP contribution in [0.3, 0.4) is 0 Å². The first kappa shape index (κ1) is 22.4. The molecule has 2 N–H and O–H groups in total. The number of likely N-dealkylation sites (tertiary alicyclic amines) is 2. The summed E-state index contributed by atoms with van der Waals surface area (Å²) < 4.78 is 10.7. The lowest BCUT2D eigenvalue weighted by molar-refractivity contribution is -0.134. The molecule has 0 aromatic heterocycles. The predicted octanol–water partition coefficient (Wildman–Crippen LogP) is 2.79. The van der Waals surface area contributed by atoms with E-state index in [0.29, 0.717) is 26.1 Å². The molecule has 2 aliphatic heterocycles. The van der Waals surface area contributed by atoms with Crippen LogP contribution in [-0.2, 0) is 16.1 Å². The fourth-order valence-corrected chi connectivity index (χ4v) is 4.46. The number of hydrogen-bond acceptors (Lipinski definition) is 6. The maximum absolute atomic E-state index is 12.4. The third-order valence-electron chi connectivity index (χ3n) is 6.04. The number of amides is 2. The van der Waals surface area contributed by atoms with Gasteiger partial charge in [0.05, 0.1) is 13.2 Å². The van der Waals surface area contributed by atoms with Gasteiger partial charge in [-0.25, -0.2) is 10.3 Å². The molecule has 1 unspecified atom stereocenters. The molecule has 1 aromatic carbocycles. The van der Waals surface area contributed by atoms with Crippen LogP contribution in [0, 0.1) is 5.41 Å². The number of methoxy groups -OCH3 is 1. The van der Waals surface area contributed by atoms with Crippen molar-refractivity contribution in [1.82, 2.24) is 15.3 Å². The number of hydroxylamine groups is 1. The second kappa shape index (κ2) is 8.81. The van der Waals surface area contributed by atoms with E-state index in [1.807, 2.05) is 50.5 Å². The number of benzene rings is 1. The highest BCUT2D eigenvalue weighted by Gasteiger charge is 2.48. The highest BCUT2D eigenvalue weighted by Crippen LogP contribution is 2.44. The van der Waals surface area contributed by atoms with Crippen molar-refractivity contribution in [2.24, 2.45) is 5.41 Å². The van der Waals surface area contributed by atoms with Crippen LogP contribution >= 0.6 is 0 Å². The minimum absolute atomic E-state index is 0.0534. The summed E-state index contributed by atoms with van der Waals surface area (Å²) in [6, 6.07) is 7.39. The second-order valence-electron chi connectivity index (χ2n) is 9.42. The number of carbonyl (C=O) groups excluding carboxylic acids is 2. The third-order valence-corrected chi connectivity index (χ3v) is 6.04. The van der Waals surface area contributed by atoms with E-state index in [1.165, 1.54) is 0 Å². The van der Waals surface area contributed by atoms with Crippen LogP contribution in [0.4, 0.5) is 4.79 Å². The Morgan fingerprint density at radius 1 is 1.20 bits per heavy atom. The Morgan fingerprint density at radius 3 is 2.37 bits per heavy atom. The van der Waals surface area contributed by atoms with Crippen LogP contribution in [0.2, 0.25) is 0 Å². The zero-order valence-corrected chi connectivity index (χ0v) is 18.3. The number of carbonyl (C=O) groups is 2. The number of piperidine rings is 1. The molecule has 0 bridgehead atoms. The first-order valence-electron chi connectivity index (χ1n) is 10.4. The van der Waals surface area contributed by atoms with Crippen molar-refractivity contribution in [3.05, 3.63) is 29.8 Å². The Morgan fingerprint density at radius 2 is 1.83 bits per heavy atom. The van der Waals surface area contributed by atoms with Gasteiger partial charge in [0.2, 0.25) is 0 Å². The molecule has 0 aliphatic carbocycles. The summed E-state index contributed by atoms with van der Waals surface area (Å²) in [5.74, 6) is 0.408. The van der Waals surface area contributed by atoms with E-state index >= 15 is 0 Å². The number of nitrogens with one attached hydrogen (secondary N) is 1. The van der Waals surface area contributed by atoms with E-state index in [2.05, 4.69) is 4.90 Å². The molecule has 0 radical (unpaired) electrons. The zero-order valence-electron chi connectivity index (χ0n) is 18.3. The lowest BCUT2D eigenvalue weighted by Crippen LogP contribution is -2.46. The molecule has 166 valence electrons. The second-order valence-corrected chi connectivity index (χ2v) is 9.42. The Bertz CT molecular complexity index is 751. The largest absolute Gasteiger partial charge is 0.497 e. The zero-order chi connectivity index (χ0) is 21.9. The van der Waals surface area contributed by atoms with Crippen molar-refractivity contribution >= 4 is 12.0 Å². The van der Waals surface area contributed by atoms with Gasteiger partial charge in [0, 0.05) is 26.2 Å². The highest BCUT2D eigenvalue weighted by atomic mass is 16.6. The van der Waals surface area contributed by atoms with Gasteiger partial charge in [0.25, 0.3) is 5.91 Å². The molecule has 3 rings (SSSR count). The molecule has 8 heteroatoms. The molecule has 2 heterocycles. The average Bonchev–Trinajstić information content (AvgIpc) is 3.04. The van der Waals surface area contributed by atoms with E-state index in [1.54, 1.807) is 12.0 Å². The van der Waals surface area contributed by atoms with E-state index in [-0.39, 0.29) is 17.4 Å². The van der Waals surface area contributed by atoms with Gasteiger partial charge in [-0.05, 0) is 63.1 Å². The van der Waals surface area contributed by atoms with Crippen LogP contribution < -0.4 is 10.2 Å². The number of hydrogen-bond donors (Lipinski definition) is 2. The lowest BCUT2D eigenvalue weighted by Gasteiger charge is -2.39. The summed E-state index contributed by atoms with van der Waals surface area (Å²) in [7, 11) is 1.63. The summed E-state index contributed by atoms with van der Waals surface area (Å²) in [5, 5.41) is 9.24. The van der Waals surface area contributed by atoms with Gasteiger partial charge in [-0.1, -0.05) is 12.1 Å². The number of nitrogens with zero attached hydrogens (tertiary/aromatic N) is 2. The van der Waals surface area contributed by atoms with Gasteiger partial charge >= 0.3 is 6.09 Å². The number of rotatable bonds is 4. The molecule has 2 saturated heterocycles. The smallest absolute Gasteiger partial charge is 0.410 e. The van der Waals surface area contributed by atoms with Crippen LogP contribution in [0.5, 0.6) is 5.75 Å². The molecule has 30 heavy (non-hydrogen) atoms. The third kappa shape index (κ3) is 5.23. The van der Waals surface area contributed by atoms with Crippen molar-refractivity contribution in [3.63, 3.8) is 0 Å². The van der Waals surface area contributed by atoms with E-state index < -0.39 is 11.6 Å². The summed E-state index contributed by atoms with van der Waals surface area (Å²) in [6.07, 6.45) is 1.99. The van der Waals surface area contributed by atoms with Gasteiger partial charge in [-0.2, -0.15) is 0 Å². The molecule has 1 aromatic rings. The summed E-state index contributed by atoms with van der Waals surface area (Å²) in [5.41, 5.74) is 2.34. The Kier molecular flexibility index (Phi) is 6.57. The van der Waals surface area contributed by atoms with E-state index in [0.717, 1.165) is 30.7 Å². The molecular weight excluding hydrogens is 386 g/mol. The van der Waals surface area contributed by atoms with Crippen LogP contribution in [0.15, 0.2) is 24.3 Å². The fraction of sp³-hybridized carbons (Fsp3) is 0.636. The molecule has 2 amide bonds. The predicted molar refractivity (Wildman–Crippen MR) is 111 cm³/mol. The number of ether oxygens (including phenoxy) is 2. The van der Waals surface area contributed by atoms with Crippen LogP contribution in [0.25, 0.3) is 0 Å². The lowest BCUT2D eigenvalue weighted by atomic mass is 9.76. The first-order valence-corrected chi connectivity index (χ1v) is 10.4. The van der Waals surface area contributed by atoms with E-state index in [9.17, 15) is 14.8 Å². The average molecular weight is 420 g/mol.